The summed E-state index contributed by atoms with van der Waals surface area (Å²) < 4.78 is 0. The maximum absolute atomic E-state index is 11.9. The largest absolute Gasteiger partial charge is 0.361 e. The zero-order valence-electron chi connectivity index (χ0n) is 15.8. The highest BCUT2D eigenvalue weighted by atomic mass is 16.6. The van der Waals surface area contributed by atoms with Gasteiger partial charge in [-0.15, -0.1) is 0 Å². The molecule has 1 saturated carbocycles. The van der Waals surface area contributed by atoms with Crippen molar-refractivity contribution in [3.63, 3.8) is 0 Å². The van der Waals surface area contributed by atoms with Crippen LogP contribution in [0.15, 0.2) is 30.7 Å². The Morgan fingerprint density at radius 1 is 1.00 bits per heavy atom. The van der Waals surface area contributed by atoms with Gasteiger partial charge in [0, 0.05) is 38.4 Å². The molecule has 0 unspecified atom stereocenters. The molecule has 1 N–H and O–H groups in total. The summed E-state index contributed by atoms with van der Waals surface area (Å²) in [6.07, 6.45) is 8.80. The third kappa shape index (κ3) is 3.97. The minimum absolute atomic E-state index is 0.0145. The summed E-state index contributed by atoms with van der Waals surface area (Å²) in [5.74, 6) is 1.67. The van der Waals surface area contributed by atoms with Crippen molar-refractivity contribution in [3.05, 3.63) is 40.8 Å². The molecule has 0 spiro atoms. The van der Waals surface area contributed by atoms with E-state index in [1.807, 2.05) is 23.1 Å². The van der Waals surface area contributed by atoms with Crippen LogP contribution < -0.4 is 15.1 Å². The summed E-state index contributed by atoms with van der Waals surface area (Å²) in [7, 11) is 0. The maximum atomic E-state index is 11.9. The molecule has 0 bridgehead atoms. The first-order chi connectivity index (χ1) is 13.7. The van der Waals surface area contributed by atoms with Crippen molar-refractivity contribution < 1.29 is 4.92 Å². The summed E-state index contributed by atoms with van der Waals surface area (Å²) >= 11 is 0. The van der Waals surface area contributed by atoms with Crippen LogP contribution in [-0.4, -0.2) is 52.1 Å². The Morgan fingerprint density at radius 3 is 2.43 bits per heavy atom. The molecule has 2 fully saturated rings. The number of anilines is 3. The minimum atomic E-state index is -0.356. The van der Waals surface area contributed by atoms with E-state index in [0.717, 1.165) is 44.6 Å². The lowest BCUT2D eigenvalue weighted by Crippen LogP contribution is -2.47. The second-order valence-corrected chi connectivity index (χ2v) is 7.29. The Morgan fingerprint density at radius 2 is 1.75 bits per heavy atom. The fourth-order valence-corrected chi connectivity index (χ4v) is 4.00. The lowest BCUT2D eigenvalue weighted by Gasteiger charge is -2.35. The molecule has 2 aromatic rings. The van der Waals surface area contributed by atoms with Crippen molar-refractivity contribution in [3.8, 4) is 0 Å². The summed E-state index contributed by atoms with van der Waals surface area (Å²) in [4.78, 5) is 28.5. The molecule has 28 heavy (non-hydrogen) atoms. The van der Waals surface area contributed by atoms with Crippen LogP contribution in [0.25, 0.3) is 0 Å². The van der Waals surface area contributed by atoms with Crippen molar-refractivity contribution in [2.45, 2.75) is 38.1 Å². The topological polar surface area (TPSA) is 100 Å². The standard InChI is InChI=1S/C19H25N7O2/c27-26(28)17-18(23-15-6-2-1-3-7-15)21-14-22-19(17)25-12-10-24(11-13-25)16-8-4-5-9-20-16/h4-5,8-9,14-15H,1-3,6-7,10-13H2,(H,21,22,23). The Bertz CT molecular complexity index is 803. The highest BCUT2D eigenvalue weighted by molar-refractivity contribution is 5.71. The van der Waals surface area contributed by atoms with E-state index in [0.29, 0.717) is 24.7 Å². The van der Waals surface area contributed by atoms with Crippen LogP contribution in [0.1, 0.15) is 32.1 Å². The van der Waals surface area contributed by atoms with Gasteiger partial charge in [-0.05, 0) is 25.0 Å². The zero-order valence-corrected chi connectivity index (χ0v) is 15.8. The number of nitrogens with zero attached hydrogens (tertiary/aromatic N) is 6. The van der Waals surface area contributed by atoms with Gasteiger partial charge in [0.05, 0.1) is 4.92 Å². The Labute approximate surface area is 164 Å². The molecule has 0 atom stereocenters. The summed E-state index contributed by atoms with van der Waals surface area (Å²) in [6, 6.07) is 6.09. The predicted octanol–water partition coefficient (Wildman–Crippen LogP) is 2.85. The SMILES string of the molecule is O=[N+]([O-])c1c(NC2CCCCC2)ncnc1N1CCN(c2ccccn2)CC1. The van der Waals surface area contributed by atoms with E-state index in [4.69, 9.17) is 0 Å². The summed E-state index contributed by atoms with van der Waals surface area (Å²) in [6.45, 7) is 2.78. The fourth-order valence-electron chi connectivity index (χ4n) is 4.00. The van der Waals surface area contributed by atoms with Gasteiger partial charge in [0.1, 0.15) is 12.1 Å². The number of pyridine rings is 1. The zero-order chi connectivity index (χ0) is 19.3. The molecule has 4 rings (SSSR count). The Hall–Kier alpha value is -2.97. The lowest BCUT2D eigenvalue weighted by molar-refractivity contribution is -0.383. The van der Waals surface area contributed by atoms with Gasteiger partial charge in [-0.2, -0.15) is 0 Å². The van der Waals surface area contributed by atoms with Crippen LogP contribution in [0.3, 0.4) is 0 Å². The molecule has 2 aliphatic rings. The first-order valence-electron chi connectivity index (χ1n) is 9.89. The molecule has 1 saturated heterocycles. The predicted molar refractivity (Wildman–Crippen MR) is 108 cm³/mol. The smallest absolute Gasteiger partial charge is 0.353 e. The summed E-state index contributed by atoms with van der Waals surface area (Å²) in [5.41, 5.74) is -0.0145. The summed E-state index contributed by atoms with van der Waals surface area (Å²) in [5, 5.41) is 15.2. The molecule has 1 aliphatic carbocycles. The average molecular weight is 383 g/mol. The van der Waals surface area contributed by atoms with E-state index < -0.39 is 0 Å². The molecular weight excluding hydrogens is 358 g/mol. The molecular formula is C19H25N7O2. The number of hydrogen-bond acceptors (Lipinski definition) is 8. The van der Waals surface area contributed by atoms with Crippen LogP contribution in [0, 0.1) is 10.1 Å². The number of nitro groups is 1. The highest BCUT2D eigenvalue weighted by Crippen LogP contribution is 2.34. The lowest BCUT2D eigenvalue weighted by atomic mass is 9.95. The van der Waals surface area contributed by atoms with Crippen LogP contribution in [0.5, 0.6) is 0 Å². The van der Waals surface area contributed by atoms with E-state index in [2.05, 4.69) is 25.2 Å². The monoisotopic (exact) mass is 383 g/mol. The second kappa shape index (κ2) is 8.37. The van der Waals surface area contributed by atoms with Gasteiger partial charge in [0.15, 0.2) is 0 Å². The Kier molecular flexibility index (Phi) is 5.50. The first kappa shape index (κ1) is 18.4. The van der Waals surface area contributed by atoms with E-state index in [1.54, 1.807) is 6.20 Å². The van der Waals surface area contributed by atoms with Gasteiger partial charge in [-0.3, -0.25) is 10.1 Å². The molecule has 3 heterocycles. The van der Waals surface area contributed by atoms with Gasteiger partial charge in [0.25, 0.3) is 0 Å². The molecule has 9 heteroatoms. The van der Waals surface area contributed by atoms with Gasteiger partial charge in [-0.25, -0.2) is 15.0 Å². The Balaban J connectivity index is 1.51. The number of nitrogens with one attached hydrogen (secondary N) is 1. The van der Waals surface area contributed by atoms with E-state index in [1.165, 1.54) is 12.7 Å². The molecule has 0 radical (unpaired) electrons. The number of hydrogen-bond donors (Lipinski definition) is 1. The highest BCUT2D eigenvalue weighted by Gasteiger charge is 2.30. The number of rotatable bonds is 5. The van der Waals surface area contributed by atoms with Crippen molar-refractivity contribution >= 4 is 23.1 Å². The van der Waals surface area contributed by atoms with Crippen molar-refractivity contribution in [2.75, 3.05) is 41.3 Å². The van der Waals surface area contributed by atoms with E-state index in [-0.39, 0.29) is 16.7 Å². The minimum Gasteiger partial charge on any atom is -0.361 e. The molecule has 148 valence electrons. The fraction of sp³-hybridized carbons (Fsp3) is 0.526. The average Bonchev–Trinajstić information content (AvgIpc) is 2.75. The van der Waals surface area contributed by atoms with Gasteiger partial charge in [0.2, 0.25) is 11.6 Å². The van der Waals surface area contributed by atoms with Crippen LogP contribution >= 0.6 is 0 Å². The molecule has 0 aromatic carbocycles. The molecule has 0 amide bonds. The normalized spacial score (nSPS) is 18.1. The van der Waals surface area contributed by atoms with Gasteiger partial charge >= 0.3 is 5.69 Å². The van der Waals surface area contributed by atoms with Crippen molar-refractivity contribution in [1.29, 1.82) is 0 Å². The maximum Gasteiger partial charge on any atom is 0.353 e. The van der Waals surface area contributed by atoms with Crippen molar-refractivity contribution in [1.82, 2.24) is 15.0 Å². The van der Waals surface area contributed by atoms with Crippen LogP contribution in [-0.2, 0) is 0 Å². The van der Waals surface area contributed by atoms with Gasteiger partial charge in [-0.1, -0.05) is 25.3 Å². The number of piperazine rings is 1. The molecule has 9 nitrogen and oxygen atoms in total. The third-order valence-electron chi connectivity index (χ3n) is 5.48. The van der Waals surface area contributed by atoms with Gasteiger partial charge < -0.3 is 15.1 Å². The van der Waals surface area contributed by atoms with Crippen molar-refractivity contribution in [2.24, 2.45) is 0 Å². The molecule has 2 aromatic heterocycles. The third-order valence-corrected chi connectivity index (χ3v) is 5.48. The van der Waals surface area contributed by atoms with Crippen LogP contribution in [0.2, 0.25) is 0 Å². The number of aromatic nitrogens is 3. The quantitative estimate of drug-likeness (QED) is 0.621. The first-order valence-corrected chi connectivity index (χ1v) is 9.89. The van der Waals surface area contributed by atoms with E-state index >= 15 is 0 Å². The second-order valence-electron chi connectivity index (χ2n) is 7.29. The van der Waals surface area contributed by atoms with Crippen LogP contribution in [0.4, 0.5) is 23.1 Å². The van der Waals surface area contributed by atoms with E-state index in [9.17, 15) is 10.1 Å². The molecule has 1 aliphatic heterocycles.